The molecule has 5 nitrogen and oxygen atoms in total. The highest BCUT2D eigenvalue weighted by Gasteiger charge is 2.43. The van der Waals surface area contributed by atoms with Gasteiger partial charge in [-0.05, 0) is 59.2 Å². The lowest BCUT2D eigenvalue weighted by Crippen LogP contribution is -2.34. The van der Waals surface area contributed by atoms with E-state index in [2.05, 4.69) is 12.2 Å². The zero-order chi connectivity index (χ0) is 20.6. The number of hydrogen-bond donors (Lipinski definition) is 0. The molecule has 0 fully saturated rings. The van der Waals surface area contributed by atoms with Gasteiger partial charge >= 0.3 is 5.40 Å². The van der Waals surface area contributed by atoms with Gasteiger partial charge in [0.15, 0.2) is 0 Å². The van der Waals surface area contributed by atoms with E-state index in [1.807, 2.05) is 20.8 Å². The number of rotatable bonds is 10. The van der Waals surface area contributed by atoms with Crippen LogP contribution in [0, 0.1) is 0 Å². The van der Waals surface area contributed by atoms with Gasteiger partial charge in [0.05, 0.1) is 0 Å². The van der Waals surface area contributed by atoms with Crippen LogP contribution in [0.1, 0.15) is 53.4 Å². The molecular weight excluding hydrogens is 384 g/mol. The third-order valence-electron chi connectivity index (χ3n) is 3.49. The van der Waals surface area contributed by atoms with Crippen molar-refractivity contribution in [2.45, 2.75) is 58.8 Å². The van der Waals surface area contributed by atoms with Gasteiger partial charge < -0.3 is 23.8 Å². The molecule has 1 unspecified atom stereocenters. The van der Waals surface area contributed by atoms with E-state index >= 15 is 0 Å². The maximum absolute atomic E-state index is 13.1. The van der Waals surface area contributed by atoms with Crippen molar-refractivity contribution in [1.29, 1.82) is 0 Å². The van der Waals surface area contributed by atoms with E-state index in [0.717, 1.165) is 24.5 Å². The Labute approximate surface area is 153 Å². The van der Waals surface area contributed by atoms with Crippen molar-refractivity contribution >= 4 is 15.0 Å². The van der Waals surface area contributed by atoms with E-state index in [1.165, 1.54) is 17.2 Å². The average molecular weight is 409 g/mol. The van der Waals surface area contributed by atoms with Crippen molar-refractivity contribution in [3.05, 3.63) is 46.8 Å². The minimum atomic E-state index is -6.59. The minimum Gasteiger partial charge on any atom is -0.806 e. The highest BCUT2D eigenvalue weighted by atomic mass is 31.2. The van der Waals surface area contributed by atoms with E-state index in [0.29, 0.717) is 12.8 Å². The highest BCUT2D eigenvalue weighted by Crippen LogP contribution is 2.67. The summed E-state index contributed by atoms with van der Waals surface area (Å²) in [4.78, 5) is 32.1. The van der Waals surface area contributed by atoms with Crippen molar-refractivity contribution < 1.29 is 32.6 Å². The molecule has 150 valence electrons. The van der Waals surface area contributed by atoms with Crippen LogP contribution in [-0.2, 0) is 9.13 Å². The van der Waals surface area contributed by atoms with Crippen LogP contribution >= 0.6 is 15.0 Å². The Hall–Kier alpha value is -0.840. The Morgan fingerprint density at radius 1 is 0.923 bits per heavy atom. The van der Waals surface area contributed by atoms with Crippen molar-refractivity contribution in [3.8, 4) is 0 Å². The maximum Gasteiger partial charge on any atom is 0.311 e. The Bertz CT molecular complexity index is 683. The normalized spacial score (nSPS) is 16.7. The molecule has 26 heavy (non-hydrogen) atoms. The molecule has 0 N–H and O–H groups in total. The topological polar surface area (TPSA) is 103 Å². The van der Waals surface area contributed by atoms with Crippen LogP contribution in [0.4, 0.5) is 8.78 Å². The van der Waals surface area contributed by atoms with E-state index in [1.54, 1.807) is 6.92 Å². The molecule has 0 aliphatic heterocycles. The Morgan fingerprint density at radius 2 is 1.42 bits per heavy atom. The van der Waals surface area contributed by atoms with Gasteiger partial charge in [0.1, 0.15) is 7.37 Å². The summed E-state index contributed by atoms with van der Waals surface area (Å²) in [5.41, 5.74) is 3.21. The largest absolute Gasteiger partial charge is 0.806 e. The predicted molar refractivity (Wildman–Crippen MR) is 94.7 cm³/mol. The van der Waals surface area contributed by atoms with Gasteiger partial charge in [0.2, 0.25) is 0 Å². The smallest absolute Gasteiger partial charge is 0.311 e. The molecule has 0 rings (SSSR count). The van der Waals surface area contributed by atoms with Crippen LogP contribution in [0.2, 0.25) is 0 Å². The molecule has 0 aliphatic rings. The quantitative estimate of drug-likeness (QED) is 0.308. The fraction of sp³-hybridized carbons (Fsp3) is 0.529. The van der Waals surface area contributed by atoms with Crippen molar-refractivity contribution in [1.82, 2.24) is 0 Å². The fourth-order valence-corrected chi connectivity index (χ4v) is 3.96. The predicted octanol–water partition coefficient (Wildman–Crippen LogP) is 4.02. The van der Waals surface area contributed by atoms with E-state index in [9.17, 15) is 32.6 Å². The Kier molecular flexibility index (Phi) is 10.1. The summed E-state index contributed by atoms with van der Waals surface area (Å²) >= 11 is 0. The molecule has 0 aromatic rings. The molecule has 0 aliphatic carbocycles. The molecule has 0 saturated heterocycles. The molecular formula is C17H25F2O5P2-3. The monoisotopic (exact) mass is 409 g/mol. The molecule has 9 heteroatoms. The van der Waals surface area contributed by atoms with Crippen LogP contribution in [-0.4, -0.2) is 5.40 Å². The number of allylic oxidation sites excluding steroid dienone is 7. The summed E-state index contributed by atoms with van der Waals surface area (Å²) < 4.78 is 48.0. The van der Waals surface area contributed by atoms with E-state index in [4.69, 9.17) is 0 Å². The number of alkyl halides is 2. The van der Waals surface area contributed by atoms with Crippen LogP contribution < -0.4 is 14.7 Å². The third kappa shape index (κ3) is 8.70. The molecule has 0 amide bonds. The Morgan fingerprint density at radius 3 is 1.92 bits per heavy atom. The van der Waals surface area contributed by atoms with Crippen molar-refractivity contribution in [3.63, 3.8) is 0 Å². The van der Waals surface area contributed by atoms with Gasteiger partial charge in [-0.2, -0.15) is 8.78 Å². The lowest BCUT2D eigenvalue weighted by atomic mass is 10.1. The van der Waals surface area contributed by atoms with Gasteiger partial charge in [-0.15, -0.1) is 0 Å². The number of halogens is 2. The average Bonchev–Trinajstić information content (AvgIpc) is 2.45. The van der Waals surface area contributed by atoms with Crippen LogP contribution in [0.5, 0.6) is 0 Å². The molecule has 0 spiro atoms. The van der Waals surface area contributed by atoms with Gasteiger partial charge in [0.25, 0.3) is 0 Å². The first-order valence-electron chi connectivity index (χ1n) is 8.05. The zero-order valence-electron chi connectivity index (χ0n) is 15.4. The third-order valence-corrected chi connectivity index (χ3v) is 7.04. The zero-order valence-corrected chi connectivity index (χ0v) is 17.2. The minimum absolute atomic E-state index is 0.0689. The highest BCUT2D eigenvalue weighted by molar-refractivity contribution is 7.74. The van der Waals surface area contributed by atoms with Gasteiger partial charge in [-0.25, -0.2) is 0 Å². The summed E-state index contributed by atoms with van der Waals surface area (Å²) in [5.74, 6) is 0.0689. The number of hydrogen-bond acceptors (Lipinski definition) is 5. The summed E-state index contributed by atoms with van der Waals surface area (Å²) in [6.07, 6.45) is 9.51. The first kappa shape index (κ1) is 25.2. The maximum atomic E-state index is 13.1. The van der Waals surface area contributed by atoms with Gasteiger partial charge in [0, 0.05) is 7.60 Å². The second-order valence-corrected chi connectivity index (χ2v) is 10.3. The fourth-order valence-electron chi connectivity index (χ4n) is 1.90. The van der Waals surface area contributed by atoms with Gasteiger partial charge in [-0.1, -0.05) is 41.0 Å². The standard InChI is InChI=1S/C17H28F2O5P2/c1-14(2)8-5-9-15(3)10-6-11-16(4)12-7-13-25(20,21)17(18,19)26(22,23)24/h7-8,10,12-13H,5-6,9,11H2,1-4H3,(H,20,21)(H2,22,23,24)/p-3/b13-7+,15-10+,16-12+. The second-order valence-electron chi connectivity index (χ2n) is 6.37. The molecule has 0 bridgehead atoms. The molecule has 0 radical (unpaired) electrons. The van der Waals surface area contributed by atoms with E-state index < -0.39 is 20.4 Å². The molecule has 0 aromatic heterocycles. The van der Waals surface area contributed by atoms with Crippen LogP contribution in [0.25, 0.3) is 0 Å². The molecule has 0 aromatic carbocycles. The van der Waals surface area contributed by atoms with E-state index in [-0.39, 0.29) is 5.82 Å². The molecule has 0 saturated carbocycles. The molecule has 1 atom stereocenters. The van der Waals surface area contributed by atoms with Crippen LogP contribution in [0.3, 0.4) is 0 Å². The summed E-state index contributed by atoms with van der Waals surface area (Å²) in [7, 11) is -12.4. The summed E-state index contributed by atoms with van der Waals surface area (Å²) in [5, 5.41) is -5.33. The first-order valence-corrected chi connectivity index (χ1v) is 11.3. The second kappa shape index (κ2) is 10.5. The first-order chi connectivity index (χ1) is 11.7. The lowest BCUT2D eigenvalue weighted by Gasteiger charge is -2.43. The van der Waals surface area contributed by atoms with Crippen LogP contribution in [0.15, 0.2) is 46.8 Å². The molecule has 0 heterocycles. The van der Waals surface area contributed by atoms with Crippen molar-refractivity contribution in [2.75, 3.05) is 0 Å². The van der Waals surface area contributed by atoms with Crippen molar-refractivity contribution in [2.24, 2.45) is 0 Å². The summed E-state index contributed by atoms with van der Waals surface area (Å²) in [6, 6.07) is 0. The lowest BCUT2D eigenvalue weighted by molar-refractivity contribution is -0.330. The summed E-state index contributed by atoms with van der Waals surface area (Å²) in [6.45, 7) is 7.77. The SMILES string of the molecule is CC(C)=CCC/C(C)=C/CC/C(C)=C/C=C/P(=O)([O-])C(F)(F)P(=O)([O-])[O-]. The Balaban J connectivity index is 4.71. The van der Waals surface area contributed by atoms with Gasteiger partial charge in [-0.3, -0.25) is 0 Å².